The molecule has 0 fully saturated rings. The van der Waals surface area contributed by atoms with E-state index in [0.717, 1.165) is 23.4 Å². The predicted octanol–water partition coefficient (Wildman–Crippen LogP) is 2.94. The molecule has 0 saturated heterocycles. The third-order valence-electron chi connectivity index (χ3n) is 3.64. The lowest BCUT2D eigenvalue weighted by atomic mass is 10.1. The highest BCUT2D eigenvalue weighted by Crippen LogP contribution is 2.27. The van der Waals surface area contributed by atoms with Gasteiger partial charge in [0.15, 0.2) is 0 Å². The first kappa shape index (κ1) is 14.7. The highest BCUT2D eigenvalue weighted by molar-refractivity contribution is 7.85. The molecule has 0 bridgehead atoms. The van der Waals surface area contributed by atoms with Crippen molar-refractivity contribution in [3.05, 3.63) is 60.2 Å². The summed E-state index contributed by atoms with van der Waals surface area (Å²) in [6.45, 7) is 2.07. The molecule has 6 heteroatoms. The lowest BCUT2D eigenvalue weighted by Gasteiger charge is -2.19. The molecule has 2 aromatic carbocycles. The maximum Gasteiger partial charge on any atom is 0.294 e. The van der Waals surface area contributed by atoms with Crippen LogP contribution >= 0.6 is 0 Å². The molecule has 0 aliphatic carbocycles. The Morgan fingerprint density at radius 2 is 1.73 bits per heavy atom. The van der Waals surface area contributed by atoms with E-state index in [1.807, 2.05) is 35.3 Å². The van der Waals surface area contributed by atoms with Crippen molar-refractivity contribution in [2.45, 2.75) is 24.3 Å². The van der Waals surface area contributed by atoms with Gasteiger partial charge < -0.3 is 0 Å². The maximum absolute atomic E-state index is 11.1. The monoisotopic (exact) mass is 316 g/mol. The summed E-state index contributed by atoms with van der Waals surface area (Å²) in [7, 11) is -4.16. The van der Waals surface area contributed by atoms with E-state index in [4.69, 9.17) is 4.55 Å². The largest absolute Gasteiger partial charge is 0.294 e. The fourth-order valence-electron chi connectivity index (χ4n) is 2.52. The third-order valence-corrected chi connectivity index (χ3v) is 4.51. The van der Waals surface area contributed by atoms with E-state index in [9.17, 15) is 8.42 Å². The molecule has 22 heavy (non-hydrogen) atoms. The van der Waals surface area contributed by atoms with Crippen molar-refractivity contribution in [2.24, 2.45) is 5.10 Å². The van der Waals surface area contributed by atoms with Crippen molar-refractivity contribution >= 4 is 21.5 Å². The van der Waals surface area contributed by atoms with Crippen LogP contribution in [0.25, 0.3) is 0 Å². The van der Waals surface area contributed by atoms with E-state index in [2.05, 4.69) is 12.0 Å². The minimum absolute atomic E-state index is 0.115. The van der Waals surface area contributed by atoms with Gasteiger partial charge in [-0.3, -0.25) is 9.56 Å². The van der Waals surface area contributed by atoms with Crippen LogP contribution in [0.2, 0.25) is 0 Å². The number of anilines is 1. The highest BCUT2D eigenvalue weighted by atomic mass is 32.2. The molecule has 114 valence electrons. The normalized spacial score (nSPS) is 18.4. The van der Waals surface area contributed by atoms with Crippen LogP contribution in [0.3, 0.4) is 0 Å². The second-order valence-corrected chi connectivity index (χ2v) is 6.70. The molecule has 1 N–H and O–H groups in total. The minimum Gasteiger partial charge on any atom is -0.282 e. The minimum atomic E-state index is -4.16. The average Bonchev–Trinajstić information content (AvgIpc) is 2.89. The average molecular weight is 316 g/mol. The summed E-state index contributed by atoms with van der Waals surface area (Å²) in [5, 5.41) is 6.51. The van der Waals surface area contributed by atoms with Crippen LogP contribution in [0.1, 0.15) is 18.9 Å². The van der Waals surface area contributed by atoms with Crippen molar-refractivity contribution in [1.82, 2.24) is 0 Å². The third kappa shape index (κ3) is 2.88. The standard InChI is InChI=1S/C16H16N2O3S/c1-12-11-16(13-5-3-2-4-6-13)17-18(12)14-7-9-15(10-8-14)22(19,20)21/h2-10,12H,11H2,1H3,(H,19,20,21). The van der Waals surface area contributed by atoms with Crippen LogP contribution in [-0.4, -0.2) is 24.7 Å². The van der Waals surface area contributed by atoms with Crippen LogP contribution in [0.15, 0.2) is 64.6 Å². The summed E-state index contributed by atoms with van der Waals surface area (Å²) in [4.78, 5) is -0.115. The molecule has 5 nitrogen and oxygen atoms in total. The SMILES string of the molecule is CC1CC(c2ccccc2)=NN1c1ccc(S(=O)(=O)O)cc1. The molecule has 0 spiro atoms. The second kappa shape index (κ2) is 5.55. The zero-order valence-corrected chi connectivity index (χ0v) is 12.9. The Bertz CT molecular complexity index is 799. The molecule has 1 unspecified atom stereocenters. The first-order chi connectivity index (χ1) is 10.4. The van der Waals surface area contributed by atoms with Gasteiger partial charge in [-0.15, -0.1) is 0 Å². The number of hydrogen-bond acceptors (Lipinski definition) is 4. The lowest BCUT2D eigenvalue weighted by molar-refractivity contribution is 0.483. The smallest absolute Gasteiger partial charge is 0.282 e. The number of benzene rings is 2. The summed E-state index contributed by atoms with van der Waals surface area (Å²) >= 11 is 0. The number of hydrogen-bond donors (Lipinski definition) is 1. The molecule has 2 aromatic rings. The zero-order chi connectivity index (χ0) is 15.7. The van der Waals surface area contributed by atoms with Gasteiger partial charge in [0.2, 0.25) is 0 Å². The van der Waals surface area contributed by atoms with E-state index >= 15 is 0 Å². The summed E-state index contributed by atoms with van der Waals surface area (Å²) in [5.74, 6) is 0. The van der Waals surface area contributed by atoms with Gasteiger partial charge >= 0.3 is 0 Å². The first-order valence-electron chi connectivity index (χ1n) is 6.95. The van der Waals surface area contributed by atoms with E-state index in [0.29, 0.717) is 0 Å². The molecular weight excluding hydrogens is 300 g/mol. The molecular formula is C16H16N2O3S. The number of hydrazone groups is 1. The van der Waals surface area contributed by atoms with Gasteiger partial charge in [-0.05, 0) is 36.8 Å². The molecule has 0 aromatic heterocycles. The van der Waals surface area contributed by atoms with Crippen LogP contribution < -0.4 is 5.01 Å². The lowest BCUT2D eigenvalue weighted by Crippen LogP contribution is -2.22. The van der Waals surface area contributed by atoms with Crippen molar-refractivity contribution in [3.63, 3.8) is 0 Å². The fraction of sp³-hybridized carbons (Fsp3) is 0.188. The van der Waals surface area contributed by atoms with E-state index in [1.54, 1.807) is 12.1 Å². The molecule has 0 amide bonds. The van der Waals surface area contributed by atoms with Crippen LogP contribution in [0, 0.1) is 0 Å². The number of nitrogens with zero attached hydrogens (tertiary/aromatic N) is 2. The second-order valence-electron chi connectivity index (χ2n) is 5.28. The quantitative estimate of drug-likeness (QED) is 0.884. The summed E-state index contributed by atoms with van der Waals surface area (Å²) in [6, 6.07) is 16.2. The van der Waals surface area contributed by atoms with Crippen molar-refractivity contribution in [3.8, 4) is 0 Å². The van der Waals surface area contributed by atoms with E-state index < -0.39 is 10.1 Å². The van der Waals surface area contributed by atoms with Crippen LogP contribution in [0.5, 0.6) is 0 Å². The maximum atomic E-state index is 11.1. The zero-order valence-electron chi connectivity index (χ0n) is 12.0. The first-order valence-corrected chi connectivity index (χ1v) is 8.39. The topological polar surface area (TPSA) is 70.0 Å². The van der Waals surface area contributed by atoms with E-state index in [1.165, 1.54) is 12.1 Å². The van der Waals surface area contributed by atoms with Gasteiger partial charge in [-0.2, -0.15) is 13.5 Å². The van der Waals surface area contributed by atoms with Crippen molar-refractivity contribution in [2.75, 3.05) is 5.01 Å². The molecule has 3 rings (SSSR count). The molecule has 0 saturated carbocycles. The molecule has 1 aliphatic heterocycles. The Kier molecular flexibility index (Phi) is 3.72. The Morgan fingerprint density at radius 3 is 2.32 bits per heavy atom. The Labute approximate surface area is 129 Å². The van der Waals surface area contributed by atoms with Gasteiger partial charge in [0.05, 0.1) is 22.3 Å². The summed E-state index contributed by atoms with van der Waals surface area (Å²) in [6.07, 6.45) is 0.823. The van der Waals surface area contributed by atoms with Crippen LogP contribution in [-0.2, 0) is 10.1 Å². The Morgan fingerprint density at radius 1 is 1.09 bits per heavy atom. The van der Waals surface area contributed by atoms with Crippen molar-refractivity contribution in [1.29, 1.82) is 0 Å². The molecule has 1 aliphatic rings. The van der Waals surface area contributed by atoms with Crippen molar-refractivity contribution < 1.29 is 13.0 Å². The van der Waals surface area contributed by atoms with Gasteiger partial charge in [0, 0.05) is 6.42 Å². The fourth-order valence-corrected chi connectivity index (χ4v) is 3.00. The Balaban J connectivity index is 1.90. The molecule has 0 radical (unpaired) electrons. The summed E-state index contributed by atoms with van der Waals surface area (Å²) < 4.78 is 31.2. The Hall–Kier alpha value is -2.18. The molecule has 1 heterocycles. The van der Waals surface area contributed by atoms with Gasteiger partial charge in [0.1, 0.15) is 0 Å². The van der Waals surface area contributed by atoms with Gasteiger partial charge in [-0.1, -0.05) is 30.3 Å². The van der Waals surface area contributed by atoms with Gasteiger partial charge in [0.25, 0.3) is 10.1 Å². The summed E-state index contributed by atoms with van der Waals surface area (Å²) in [5.41, 5.74) is 2.89. The van der Waals surface area contributed by atoms with Gasteiger partial charge in [-0.25, -0.2) is 0 Å². The number of rotatable bonds is 3. The van der Waals surface area contributed by atoms with Crippen LogP contribution in [0.4, 0.5) is 5.69 Å². The predicted molar refractivity (Wildman–Crippen MR) is 85.8 cm³/mol. The van der Waals surface area contributed by atoms with E-state index in [-0.39, 0.29) is 10.9 Å². The molecule has 1 atom stereocenters. The highest BCUT2D eigenvalue weighted by Gasteiger charge is 2.25.